The third-order valence-electron chi connectivity index (χ3n) is 2.51. The Morgan fingerprint density at radius 3 is 2.78 bits per heavy atom. The number of ether oxygens (including phenoxy) is 1. The Kier molecular flexibility index (Phi) is 5.94. The molecule has 3 nitrogen and oxygen atoms in total. The van der Waals surface area contributed by atoms with Gasteiger partial charge in [0.05, 0.1) is 0 Å². The molecular formula is C14H19FN2O. The minimum absolute atomic E-state index is 0.268. The van der Waals surface area contributed by atoms with Crippen LogP contribution in [0.15, 0.2) is 47.7 Å². The maximum absolute atomic E-state index is 13.3. The van der Waals surface area contributed by atoms with Crippen LogP contribution in [0.2, 0.25) is 0 Å². The van der Waals surface area contributed by atoms with Gasteiger partial charge in [-0.15, -0.1) is 0 Å². The number of benzene rings is 1. The summed E-state index contributed by atoms with van der Waals surface area (Å²) in [6.07, 6.45) is 4.55. The van der Waals surface area contributed by atoms with E-state index in [1.165, 1.54) is 6.07 Å². The summed E-state index contributed by atoms with van der Waals surface area (Å²) in [5.41, 5.74) is 4.67. The van der Waals surface area contributed by atoms with Gasteiger partial charge in [0.1, 0.15) is 6.61 Å². The maximum atomic E-state index is 13.3. The van der Waals surface area contributed by atoms with Gasteiger partial charge in [-0.05, 0) is 32.1 Å². The van der Waals surface area contributed by atoms with Gasteiger partial charge in [-0.2, -0.15) is 0 Å². The van der Waals surface area contributed by atoms with Gasteiger partial charge in [-0.1, -0.05) is 23.8 Å². The Labute approximate surface area is 107 Å². The van der Waals surface area contributed by atoms with Crippen LogP contribution < -0.4 is 16.0 Å². The lowest BCUT2D eigenvalue weighted by Gasteiger charge is -2.07. The van der Waals surface area contributed by atoms with Crippen molar-refractivity contribution < 1.29 is 9.13 Å². The first kappa shape index (κ1) is 14.3. The highest BCUT2D eigenvalue weighted by molar-refractivity contribution is 5.24. The first-order valence-corrected chi connectivity index (χ1v) is 5.82. The number of halogens is 1. The molecule has 0 bridgehead atoms. The molecule has 1 aromatic rings. The second-order valence-corrected chi connectivity index (χ2v) is 3.93. The molecule has 0 atom stereocenters. The van der Waals surface area contributed by atoms with Crippen LogP contribution in [0.1, 0.15) is 20.3 Å². The molecule has 18 heavy (non-hydrogen) atoms. The molecular weight excluding hydrogens is 231 g/mol. The molecule has 0 amide bonds. The molecule has 0 saturated carbocycles. The summed E-state index contributed by atoms with van der Waals surface area (Å²) in [4.78, 5) is 0. The molecule has 0 aliphatic carbocycles. The molecule has 1 aromatic carbocycles. The average Bonchev–Trinajstić information content (AvgIpc) is 2.38. The Balaban J connectivity index is 2.47. The van der Waals surface area contributed by atoms with E-state index in [9.17, 15) is 4.39 Å². The van der Waals surface area contributed by atoms with Gasteiger partial charge in [-0.3, -0.25) is 5.84 Å². The lowest BCUT2D eigenvalue weighted by Crippen LogP contribution is -2.21. The van der Waals surface area contributed by atoms with Crippen molar-refractivity contribution in [1.82, 2.24) is 5.43 Å². The summed E-state index contributed by atoms with van der Waals surface area (Å²) >= 11 is 0. The second-order valence-electron chi connectivity index (χ2n) is 3.93. The van der Waals surface area contributed by atoms with Crippen LogP contribution in [-0.2, 0) is 0 Å². The van der Waals surface area contributed by atoms with Crippen molar-refractivity contribution in [3.8, 4) is 5.75 Å². The number of nitrogens with one attached hydrogen (secondary N) is 1. The van der Waals surface area contributed by atoms with Gasteiger partial charge in [0.2, 0.25) is 0 Å². The summed E-state index contributed by atoms with van der Waals surface area (Å²) < 4.78 is 18.6. The zero-order valence-electron chi connectivity index (χ0n) is 10.7. The predicted molar refractivity (Wildman–Crippen MR) is 71.3 cm³/mol. The number of hydrogen-bond donors (Lipinski definition) is 2. The summed E-state index contributed by atoms with van der Waals surface area (Å²) in [6, 6.07) is 6.36. The van der Waals surface area contributed by atoms with E-state index in [4.69, 9.17) is 10.6 Å². The Hall–Kier alpha value is -1.81. The van der Waals surface area contributed by atoms with Crippen LogP contribution in [0.5, 0.6) is 5.75 Å². The number of hydrogen-bond acceptors (Lipinski definition) is 3. The third-order valence-corrected chi connectivity index (χ3v) is 2.51. The molecule has 0 heterocycles. The smallest absolute Gasteiger partial charge is 0.165 e. The summed E-state index contributed by atoms with van der Waals surface area (Å²) in [6.45, 7) is 4.23. The standard InChI is InChI=1S/C14H19FN2O/c1-3-12(17-16)10-11(2)8-9-18-14-7-5-4-6-13(14)15/h3-8,17H,9-10,16H2,1-2H3/b11-8-,12-3+. The minimum Gasteiger partial charge on any atom is -0.486 e. The minimum atomic E-state index is -0.346. The lowest BCUT2D eigenvalue weighted by atomic mass is 10.1. The summed E-state index contributed by atoms with van der Waals surface area (Å²) in [7, 11) is 0. The predicted octanol–water partition coefficient (Wildman–Crippen LogP) is 2.91. The molecule has 0 fully saturated rings. The third kappa shape index (κ3) is 4.59. The maximum Gasteiger partial charge on any atom is 0.165 e. The molecule has 1 rings (SSSR count). The van der Waals surface area contributed by atoms with Gasteiger partial charge in [0, 0.05) is 12.1 Å². The van der Waals surface area contributed by atoms with Gasteiger partial charge in [0.15, 0.2) is 11.6 Å². The SMILES string of the molecule is C/C=C(\C/C(C)=C\COc1ccccc1F)NN. The molecule has 0 radical (unpaired) electrons. The van der Waals surface area contributed by atoms with Crippen LogP contribution in [0.25, 0.3) is 0 Å². The highest BCUT2D eigenvalue weighted by atomic mass is 19.1. The van der Waals surface area contributed by atoms with Gasteiger partial charge in [-0.25, -0.2) is 4.39 Å². The molecule has 0 aromatic heterocycles. The Morgan fingerprint density at radius 1 is 1.44 bits per heavy atom. The van der Waals surface area contributed by atoms with Crippen LogP contribution in [0.4, 0.5) is 4.39 Å². The molecule has 0 unspecified atom stereocenters. The first-order valence-electron chi connectivity index (χ1n) is 5.82. The number of rotatable bonds is 6. The topological polar surface area (TPSA) is 47.3 Å². The fraction of sp³-hybridized carbons (Fsp3) is 0.286. The fourth-order valence-corrected chi connectivity index (χ4v) is 1.44. The molecule has 98 valence electrons. The molecule has 0 aliphatic heterocycles. The van der Waals surface area contributed by atoms with E-state index < -0.39 is 0 Å². The molecule has 0 spiro atoms. The van der Waals surface area contributed by atoms with Crippen molar-refractivity contribution in [3.05, 3.63) is 53.5 Å². The number of hydrazine groups is 1. The van der Waals surface area contributed by atoms with Crippen molar-refractivity contribution >= 4 is 0 Å². The van der Waals surface area contributed by atoms with Crippen molar-refractivity contribution in [3.63, 3.8) is 0 Å². The average molecular weight is 250 g/mol. The fourth-order valence-electron chi connectivity index (χ4n) is 1.44. The number of para-hydroxylation sites is 1. The van der Waals surface area contributed by atoms with Crippen LogP contribution in [-0.4, -0.2) is 6.61 Å². The highest BCUT2D eigenvalue weighted by Crippen LogP contribution is 2.15. The van der Waals surface area contributed by atoms with Crippen molar-refractivity contribution in [2.45, 2.75) is 20.3 Å². The van der Waals surface area contributed by atoms with E-state index in [1.807, 2.05) is 26.0 Å². The van der Waals surface area contributed by atoms with E-state index in [-0.39, 0.29) is 11.6 Å². The summed E-state index contributed by atoms with van der Waals surface area (Å²) in [5, 5.41) is 0. The van der Waals surface area contributed by atoms with E-state index in [0.29, 0.717) is 6.61 Å². The van der Waals surface area contributed by atoms with Crippen LogP contribution in [0, 0.1) is 5.82 Å². The molecule has 3 N–H and O–H groups in total. The van der Waals surface area contributed by atoms with E-state index >= 15 is 0 Å². The van der Waals surface area contributed by atoms with E-state index in [1.54, 1.807) is 18.2 Å². The monoisotopic (exact) mass is 250 g/mol. The van der Waals surface area contributed by atoms with Crippen molar-refractivity contribution in [2.75, 3.05) is 6.61 Å². The normalized spacial score (nSPS) is 12.4. The molecule has 4 heteroatoms. The quantitative estimate of drug-likeness (QED) is 0.463. The van der Waals surface area contributed by atoms with Crippen LogP contribution >= 0.6 is 0 Å². The van der Waals surface area contributed by atoms with Gasteiger partial charge >= 0.3 is 0 Å². The van der Waals surface area contributed by atoms with Crippen LogP contribution in [0.3, 0.4) is 0 Å². The van der Waals surface area contributed by atoms with E-state index in [0.717, 1.165) is 17.7 Å². The number of allylic oxidation sites excluding steroid dienone is 2. The summed E-state index contributed by atoms with van der Waals surface area (Å²) in [5.74, 6) is 5.27. The zero-order valence-corrected chi connectivity index (χ0v) is 10.7. The first-order chi connectivity index (χ1) is 8.67. The molecule has 0 aliphatic rings. The number of nitrogens with two attached hydrogens (primary N) is 1. The van der Waals surface area contributed by atoms with Gasteiger partial charge in [0.25, 0.3) is 0 Å². The van der Waals surface area contributed by atoms with E-state index in [2.05, 4.69) is 5.43 Å². The van der Waals surface area contributed by atoms with Gasteiger partial charge < -0.3 is 10.2 Å². The largest absolute Gasteiger partial charge is 0.486 e. The second kappa shape index (κ2) is 7.50. The Morgan fingerprint density at radius 2 is 2.17 bits per heavy atom. The molecule has 0 saturated heterocycles. The zero-order chi connectivity index (χ0) is 13.4. The highest BCUT2D eigenvalue weighted by Gasteiger charge is 2.00. The van der Waals surface area contributed by atoms with Crippen molar-refractivity contribution in [2.24, 2.45) is 5.84 Å². The van der Waals surface area contributed by atoms with Crippen molar-refractivity contribution in [1.29, 1.82) is 0 Å². The lowest BCUT2D eigenvalue weighted by molar-refractivity contribution is 0.340. The Bertz CT molecular complexity index is 441.